The summed E-state index contributed by atoms with van der Waals surface area (Å²) >= 11 is 6.06. The second-order valence-corrected chi connectivity index (χ2v) is 6.65. The molecule has 2 nitrogen and oxygen atoms in total. The van der Waals surface area contributed by atoms with Crippen LogP contribution in [-0.4, -0.2) is 6.04 Å². The first-order valence-corrected chi connectivity index (χ1v) is 7.34. The monoisotopic (exact) mass is 276 g/mol. The minimum absolute atomic E-state index is 0.471. The summed E-state index contributed by atoms with van der Waals surface area (Å²) in [6.45, 7) is 4.71. The van der Waals surface area contributed by atoms with Gasteiger partial charge in [-0.2, -0.15) is 5.26 Å². The number of hydrogen-bond acceptors (Lipinski definition) is 2. The van der Waals surface area contributed by atoms with Crippen molar-refractivity contribution in [3.63, 3.8) is 0 Å². The third kappa shape index (κ3) is 3.88. The summed E-state index contributed by atoms with van der Waals surface area (Å²) in [6, 6.07) is 8.19. The number of nitrogens with one attached hydrogen (secondary N) is 1. The molecule has 1 fully saturated rings. The van der Waals surface area contributed by atoms with Gasteiger partial charge in [0.05, 0.1) is 10.6 Å². The van der Waals surface area contributed by atoms with E-state index < -0.39 is 0 Å². The fraction of sp³-hybridized carbons (Fsp3) is 0.562. The summed E-state index contributed by atoms with van der Waals surface area (Å²) in [7, 11) is 0. The molecule has 1 aliphatic rings. The second-order valence-electron chi connectivity index (χ2n) is 6.24. The number of rotatable bonds is 2. The van der Waals surface area contributed by atoms with Crippen molar-refractivity contribution >= 4 is 17.3 Å². The molecule has 0 aliphatic heterocycles. The molecule has 0 bridgehead atoms. The first-order valence-electron chi connectivity index (χ1n) is 6.96. The molecule has 1 saturated carbocycles. The lowest BCUT2D eigenvalue weighted by Gasteiger charge is -2.22. The van der Waals surface area contributed by atoms with Gasteiger partial charge in [-0.05, 0) is 49.3 Å². The number of nitrogens with zero attached hydrogens (tertiary/aromatic N) is 1. The van der Waals surface area contributed by atoms with Gasteiger partial charge in [0, 0.05) is 11.7 Å². The highest BCUT2D eigenvalue weighted by Gasteiger charge is 2.24. The first-order chi connectivity index (χ1) is 9.00. The van der Waals surface area contributed by atoms with Gasteiger partial charge in [0.15, 0.2) is 0 Å². The van der Waals surface area contributed by atoms with Crippen LogP contribution in [0.5, 0.6) is 0 Å². The van der Waals surface area contributed by atoms with Crippen LogP contribution in [-0.2, 0) is 0 Å². The highest BCUT2D eigenvalue weighted by Crippen LogP contribution is 2.34. The van der Waals surface area contributed by atoms with Gasteiger partial charge in [-0.1, -0.05) is 31.9 Å². The van der Waals surface area contributed by atoms with E-state index in [1.54, 1.807) is 6.07 Å². The Morgan fingerprint density at radius 2 is 2.11 bits per heavy atom. The predicted octanol–water partition coefficient (Wildman–Crippen LogP) is 4.98. The molecular formula is C16H21ClN2. The zero-order chi connectivity index (χ0) is 13.9. The minimum atomic E-state index is 0.471. The maximum Gasteiger partial charge on any atom is 0.101 e. The smallest absolute Gasteiger partial charge is 0.101 e. The number of benzene rings is 1. The van der Waals surface area contributed by atoms with Crippen LogP contribution in [0.1, 0.15) is 51.5 Å². The molecule has 0 amide bonds. The normalized spacial score (nSPS) is 22.3. The number of halogens is 1. The quantitative estimate of drug-likeness (QED) is 0.773. The van der Waals surface area contributed by atoms with Crippen molar-refractivity contribution in [1.82, 2.24) is 0 Å². The van der Waals surface area contributed by atoms with Crippen molar-refractivity contribution in [3.05, 3.63) is 28.8 Å². The third-order valence-electron chi connectivity index (χ3n) is 4.04. The van der Waals surface area contributed by atoms with E-state index >= 15 is 0 Å². The number of nitriles is 1. The molecule has 2 rings (SSSR count). The fourth-order valence-electron chi connectivity index (χ4n) is 2.74. The maximum atomic E-state index is 8.87. The molecule has 1 aromatic rings. The summed E-state index contributed by atoms with van der Waals surface area (Å²) in [4.78, 5) is 0. The van der Waals surface area contributed by atoms with Crippen molar-refractivity contribution in [2.24, 2.45) is 5.41 Å². The topological polar surface area (TPSA) is 35.8 Å². The van der Waals surface area contributed by atoms with Crippen LogP contribution in [0.2, 0.25) is 5.02 Å². The standard InChI is InChI=1S/C16H21ClN2/c1-16(2)8-3-4-13(7-9-16)19-14-6-5-12(11-18)15(17)10-14/h5-6,10,13,19H,3-4,7-9H2,1-2H3. The Morgan fingerprint density at radius 1 is 1.32 bits per heavy atom. The molecule has 1 N–H and O–H groups in total. The van der Waals surface area contributed by atoms with E-state index in [1.165, 1.54) is 32.1 Å². The van der Waals surface area contributed by atoms with Crippen molar-refractivity contribution < 1.29 is 0 Å². The van der Waals surface area contributed by atoms with E-state index in [0.29, 0.717) is 22.0 Å². The highest BCUT2D eigenvalue weighted by molar-refractivity contribution is 6.32. The fourth-order valence-corrected chi connectivity index (χ4v) is 2.96. The van der Waals surface area contributed by atoms with Crippen molar-refractivity contribution in [2.75, 3.05) is 5.32 Å². The van der Waals surface area contributed by atoms with Crippen LogP contribution in [0.3, 0.4) is 0 Å². The highest BCUT2D eigenvalue weighted by atomic mass is 35.5. The van der Waals surface area contributed by atoms with Gasteiger partial charge in [-0.25, -0.2) is 0 Å². The van der Waals surface area contributed by atoms with Crippen LogP contribution >= 0.6 is 11.6 Å². The Kier molecular flexibility index (Phi) is 4.37. The van der Waals surface area contributed by atoms with E-state index in [-0.39, 0.29) is 0 Å². The molecule has 102 valence electrons. The van der Waals surface area contributed by atoms with Gasteiger partial charge in [-0.15, -0.1) is 0 Å². The lowest BCUT2D eigenvalue weighted by atomic mass is 9.85. The second kappa shape index (κ2) is 5.84. The van der Waals surface area contributed by atoms with Gasteiger partial charge in [0.1, 0.15) is 6.07 Å². The Bertz CT molecular complexity index is 488. The van der Waals surface area contributed by atoms with Crippen molar-refractivity contribution in [3.8, 4) is 6.07 Å². The molecule has 1 atom stereocenters. The van der Waals surface area contributed by atoms with Crippen LogP contribution in [0.25, 0.3) is 0 Å². The molecular weight excluding hydrogens is 256 g/mol. The SMILES string of the molecule is CC1(C)CCCC(Nc2ccc(C#N)c(Cl)c2)CC1. The van der Waals surface area contributed by atoms with E-state index in [0.717, 1.165) is 5.69 Å². The average Bonchev–Trinajstić information content (AvgIpc) is 2.51. The molecule has 0 radical (unpaired) electrons. The van der Waals surface area contributed by atoms with Crippen LogP contribution < -0.4 is 5.32 Å². The number of hydrogen-bond donors (Lipinski definition) is 1. The lowest BCUT2D eigenvalue weighted by molar-refractivity contribution is 0.313. The lowest BCUT2D eigenvalue weighted by Crippen LogP contribution is -2.19. The molecule has 1 aliphatic carbocycles. The average molecular weight is 277 g/mol. The molecule has 3 heteroatoms. The summed E-state index contributed by atoms with van der Waals surface area (Å²) in [5, 5.41) is 13.0. The van der Waals surface area contributed by atoms with E-state index in [4.69, 9.17) is 16.9 Å². The van der Waals surface area contributed by atoms with Gasteiger partial charge in [-0.3, -0.25) is 0 Å². The van der Waals surface area contributed by atoms with E-state index in [9.17, 15) is 0 Å². The molecule has 0 spiro atoms. The van der Waals surface area contributed by atoms with Gasteiger partial charge < -0.3 is 5.32 Å². The summed E-state index contributed by atoms with van der Waals surface area (Å²) < 4.78 is 0. The number of anilines is 1. The molecule has 1 aromatic carbocycles. The van der Waals surface area contributed by atoms with Gasteiger partial charge in [0.25, 0.3) is 0 Å². The van der Waals surface area contributed by atoms with Gasteiger partial charge in [0.2, 0.25) is 0 Å². The van der Waals surface area contributed by atoms with Crippen LogP contribution in [0.15, 0.2) is 18.2 Å². The summed E-state index contributed by atoms with van der Waals surface area (Å²) in [6.07, 6.45) is 6.24. The largest absolute Gasteiger partial charge is 0.382 e. The Hall–Kier alpha value is -1.20. The molecule has 0 heterocycles. The maximum absolute atomic E-state index is 8.87. The Morgan fingerprint density at radius 3 is 2.79 bits per heavy atom. The zero-order valence-electron chi connectivity index (χ0n) is 11.7. The van der Waals surface area contributed by atoms with E-state index in [1.807, 2.05) is 12.1 Å². The summed E-state index contributed by atoms with van der Waals surface area (Å²) in [5.41, 5.74) is 2.03. The first kappa shape index (κ1) is 14.2. The third-order valence-corrected chi connectivity index (χ3v) is 4.35. The van der Waals surface area contributed by atoms with Crippen LogP contribution in [0, 0.1) is 16.7 Å². The van der Waals surface area contributed by atoms with Crippen molar-refractivity contribution in [2.45, 2.75) is 52.0 Å². The Labute approximate surface area is 120 Å². The van der Waals surface area contributed by atoms with Gasteiger partial charge >= 0.3 is 0 Å². The van der Waals surface area contributed by atoms with Crippen LogP contribution in [0.4, 0.5) is 5.69 Å². The van der Waals surface area contributed by atoms with E-state index in [2.05, 4.69) is 25.2 Å². The predicted molar refractivity (Wildman–Crippen MR) is 80.4 cm³/mol. The Balaban J connectivity index is 2.01. The zero-order valence-corrected chi connectivity index (χ0v) is 12.4. The molecule has 0 saturated heterocycles. The summed E-state index contributed by atoms with van der Waals surface area (Å²) in [5.74, 6) is 0. The molecule has 0 aromatic heterocycles. The van der Waals surface area contributed by atoms with Crippen molar-refractivity contribution in [1.29, 1.82) is 5.26 Å². The molecule has 1 unspecified atom stereocenters. The molecule has 19 heavy (non-hydrogen) atoms. The minimum Gasteiger partial charge on any atom is -0.382 e.